The van der Waals surface area contributed by atoms with E-state index >= 15 is 0 Å². The molecule has 2 N–H and O–H groups in total. The van der Waals surface area contributed by atoms with Crippen LogP contribution in [0.1, 0.15) is 6.42 Å². The summed E-state index contributed by atoms with van der Waals surface area (Å²) < 4.78 is 11.2. The number of carbonyl (C=O) groups excluding carboxylic acids is 1. The molecule has 1 saturated heterocycles. The molecule has 1 amide bonds. The topological polar surface area (TPSA) is 62.8 Å². The lowest BCUT2D eigenvalue weighted by Crippen LogP contribution is -2.46. The number of ether oxygens (including phenoxy) is 2. The highest BCUT2D eigenvalue weighted by Crippen LogP contribution is 2.30. The van der Waals surface area contributed by atoms with E-state index in [4.69, 9.17) is 9.47 Å². The van der Waals surface area contributed by atoms with Crippen LogP contribution in [0, 0.1) is 0 Å². The maximum atomic E-state index is 12.1. The molecule has 6 nitrogen and oxygen atoms in total. The predicted molar refractivity (Wildman–Crippen MR) is 90.5 cm³/mol. The molecular formula is C16H24ClN3O3. The summed E-state index contributed by atoms with van der Waals surface area (Å²) in [5.74, 6) is 1.23. The van der Waals surface area contributed by atoms with Gasteiger partial charge in [0.1, 0.15) is 6.61 Å². The highest BCUT2D eigenvalue weighted by atomic mass is 35.5. The van der Waals surface area contributed by atoms with E-state index in [9.17, 15) is 4.79 Å². The molecule has 128 valence electrons. The van der Waals surface area contributed by atoms with Gasteiger partial charge in [-0.3, -0.25) is 4.79 Å². The number of nitrogens with zero attached hydrogens (tertiary/aromatic N) is 1. The second kappa shape index (κ2) is 8.96. The number of hydrogen-bond donors (Lipinski definition) is 2. The van der Waals surface area contributed by atoms with Crippen LogP contribution >= 0.6 is 12.4 Å². The summed E-state index contributed by atoms with van der Waals surface area (Å²) in [6.45, 7) is 6.24. The predicted octanol–water partition coefficient (Wildman–Crippen LogP) is 0.660. The Morgan fingerprint density at radius 1 is 1.26 bits per heavy atom. The van der Waals surface area contributed by atoms with Gasteiger partial charge < -0.3 is 25.0 Å². The second-order valence-electron chi connectivity index (χ2n) is 5.60. The van der Waals surface area contributed by atoms with Crippen LogP contribution in [-0.4, -0.2) is 62.8 Å². The first-order valence-electron chi connectivity index (χ1n) is 7.92. The molecule has 1 fully saturated rings. The average Bonchev–Trinajstić information content (AvgIpc) is 2.59. The fraction of sp³-hybridized carbons (Fsp3) is 0.562. The van der Waals surface area contributed by atoms with Gasteiger partial charge in [-0.2, -0.15) is 0 Å². The smallest absolute Gasteiger partial charge is 0.264 e. The number of fused-ring (bicyclic) bond motifs is 1. The first kappa shape index (κ1) is 17.8. The van der Waals surface area contributed by atoms with E-state index in [0.29, 0.717) is 18.0 Å². The molecule has 2 aliphatic heterocycles. The van der Waals surface area contributed by atoms with Crippen molar-refractivity contribution in [3.63, 3.8) is 0 Å². The molecule has 0 saturated carbocycles. The number of rotatable bonds is 5. The molecule has 1 aromatic carbocycles. The number of hydrogen-bond acceptors (Lipinski definition) is 5. The zero-order chi connectivity index (χ0) is 15.2. The number of para-hydroxylation sites is 2. The average molecular weight is 342 g/mol. The van der Waals surface area contributed by atoms with E-state index in [-0.39, 0.29) is 24.9 Å². The number of piperazine rings is 1. The van der Waals surface area contributed by atoms with Gasteiger partial charge in [0.15, 0.2) is 11.5 Å². The molecule has 0 aromatic heterocycles. The molecule has 2 heterocycles. The van der Waals surface area contributed by atoms with Gasteiger partial charge in [0.05, 0.1) is 0 Å². The largest absolute Gasteiger partial charge is 0.485 e. The molecule has 3 rings (SSSR count). The van der Waals surface area contributed by atoms with E-state index in [1.54, 1.807) is 0 Å². The molecule has 0 spiro atoms. The molecule has 0 aliphatic carbocycles. The lowest BCUT2D eigenvalue weighted by molar-refractivity contribution is -0.130. The van der Waals surface area contributed by atoms with Crippen molar-refractivity contribution >= 4 is 18.3 Å². The van der Waals surface area contributed by atoms with Gasteiger partial charge in [0.2, 0.25) is 6.10 Å². The van der Waals surface area contributed by atoms with Crippen LogP contribution < -0.4 is 20.1 Å². The fourth-order valence-electron chi connectivity index (χ4n) is 2.71. The van der Waals surface area contributed by atoms with Gasteiger partial charge in [-0.1, -0.05) is 12.1 Å². The zero-order valence-electron chi connectivity index (χ0n) is 13.1. The Kier molecular flexibility index (Phi) is 6.95. The van der Waals surface area contributed by atoms with Gasteiger partial charge >= 0.3 is 0 Å². The number of nitrogens with one attached hydrogen (secondary N) is 2. The lowest BCUT2D eigenvalue weighted by Gasteiger charge is -2.27. The van der Waals surface area contributed by atoms with Crippen molar-refractivity contribution in [1.82, 2.24) is 15.5 Å². The second-order valence-corrected chi connectivity index (χ2v) is 5.60. The third kappa shape index (κ3) is 4.99. The molecule has 0 radical (unpaired) electrons. The fourth-order valence-corrected chi connectivity index (χ4v) is 2.71. The summed E-state index contributed by atoms with van der Waals surface area (Å²) in [5.41, 5.74) is 0. The Labute approximate surface area is 142 Å². The third-order valence-electron chi connectivity index (χ3n) is 3.96. The maximum absolute atomic E-state index is 12.1. The molecule has 23 heavy (non-hydrogen) atoms. The van der Waals surface area contributed by atoms with Gasteiger partial charge in [-0.15, -0.1) is 12.4 Å². The Balaban J connectivity index is 0.00000192. The van der Waals surface area contributed by atoms with Gasteiger partial charge in [0.25, 0.3) is 5.91 Å². The van der Waals surface area contributed by atoms with Crippen molar-refractivity contribution in [2.24, 2.45) is 0 Å². The first-order valence-corrected chi connectivity index (χ1v) is 7.92. The highest BCUT2D eigenvalue weighted by molar-refractivity contribution is 5.85. The summed E-state index contributed by atoms with van der Waals surface area (Å²) in [6.07, 6.45) is 0.393. The molecule has 7 heteroatoms. The van der Waals surface area contributed by atoms with E-state index in [1.165, 1.54) is 0 Å². The number of carbonyl (C=O) groups is 1. The third-order valence-corrected chi connectivity index (χ3v) is 3.96. The zero-order valence-corrected chi connectivity index (χ0v) is 13.9. The highest BCUT2D eigenvalue weighted by Gasteiger charge is 2.26. The van der Waals surface area contributed by atoms with Crippen LogP contribution in [0.3, 0.4) is 0 Å². The molecule has 1 atom stereocenters. The monoisotopic (exact) mass is 341 g/mol. The van der Waals surface area contributed by atoms with Crippen LogP contribution in [0.25, 0.3) is 0 Å². The van der Waals surface area contributed by atoms with E-state index in [2.05, 4.69) is 15.5 Å². The van der Waals surface area contributed by atoms with Crippen molar-refractivity contribution in [2.45, 2.75) is 12.5 Å². The molecule has 0 bridgehead atoms. The van der Waals surface area contributed by atoms with Crippen LogP contribution in [0.4, 0.5) is 0 Å². The van der Waals surface area contributed by atoms with E-state index in [1.807, 2.05) is 24.3 Å². The Hall–Kier alpha value is -1.50. The normalized spacial score (nSPS) is 20.4. The van der Waals surface area contributed by atoms with E-state index in [0.717, 1.165) is 39.1 Å². The summed E-state index contributed by atoms with van der Waals surface area (Å²) in [5, 5.41) is 6.27. The van der Waals surface area contributed by atoms with Crippen molar-refractivity contribution in [3.05, 3.63) is 24.3 Å². The van der Waals surface area contributed by atoms with Crippen LogP contribution in [0.5, 0.6) is 11.5 Å². The standard InChI is InChI=1S/C16H23N3O3.ClH/c20-16(18-6-3-9-19-10-7-17-8-11-19)15-12-21-13-4-1-2-5-14(13)22-15;/h1-2,4-5,15,17H,3,6-12H2,(H,18,20);1H. The Morgan fingerprint density at radius 2 is 2.00 bits per heavy atom. The Bertz CT molecular complexity index is 509. The summed E-state index contributed by atoms with van der Waals surface area (Å²) in [6, 6.07) is 7.42. The van der Waals surface area contributed by atoms with Gasteiger partial charge in [-0.25, -0.2) is 0 Å². The van der Waals surface area contributed by atoms with Crippen molar-refractivity contribution in [3.8, 4) is 11.5 Å². The summed E-state index contributed by atoms with van der Waals surface area (Å²) >= 11 is 0. The molecule has 1 aromatic rings. The van der Waals surface area contributed by atoms with Crippen LogP contribution in [0.2, 0.25) is 0 Å². The minimum Gasteiger partial charge on any atom is -0.485 e. The number of amides is 1. The van der Waals surface area contributed by atoms with Crippen LogP contribution in [-0.2, 0) is 4.79 Å². The minimum absolute atomic E-state index is 0. The van der Waals surface area contributed by atoms with E-state index < -0.39 is 6.10 Å². The summed E-state index contributed by atoms with van der Waals surface area (Å²) in [7, 11) is 0. The molecular weight excluding hydrogens is 318 g/mol. The number of halogens is 1. The first-order chi connectivity index (χ1) is 10.8. The van der Waals surface area contributed by atoms with Crippen molar-refractivity contribution < 1.29 is 14.3 Å². The SMILES string of the molecule is Cl.O=C(NCCCN1CCNCC1)C1COc2ccccc2O1. The van der Waals surface area contributed by atoms with Crippen molar-refractivity contribution in [2.75, 3.05) is 45.9 Å². The summed E-state index contributed by atoms with van der Waals surface area (Å²) in [4.78, 5) is 14.5. The molecule has 2 aliphatic rings. The quantitative estimate of drug-likeness (QED) is 0.770. The van der Waals surface area contributed by atoms with Crippen LogP contribution in [0.15, 0.2) is 24.3 Å². The lowest BCUT2D eigenvalue weighted by atomic mass is 10.2. The number of benzene rings is 1. The minimum atomic E-state index is -0.561. The van der Waals surface area contributed by atoms with Crippen molar-refractivity contribution in [1.29, 1.82) is 0 Å². The Morgan fingerprint density at radius 3 is 2.78 bits per heavy atom. The van der Waals surface area contributed by atoms with Gasteiger partial charge in [-0.05, 0) is 25.1 Å². The molecule has 1 unspecified atom stereocenters. The maximum Gasteiger partial charge on any atom is 0.264 e. The van der Waals surface area contributed by atoms with Gasteiger partial charge in [0, 0.05) is 32.7 Å².